The lowest BCUT2D eigenvalue weighted by molar-refractivity contribution is 0.389. The number of nitrogens with one attached hydrogen (secondary N) is 1. The Balaban J connectivity index is 2.12. The SMILES string of the molecule is CNC(Cc1ccc(Br)cn1)c1ccc(OC)nn1. The lowest BCUT2D eigenvalue weighted by Gasteiger charge is -2.14. The van der Waals surface area contributed by atoms with Crippen molar-refractivity contribution in [2.45, 2.75) is 12.5 Å². The molecule has 2 rings (SSSR count). The molecule has 0 saturated heterocycles. The van der Waals surface area contributed by atoms with Crippen molar-refractivity contribution in [3.63, 3.8) is 0 Å². The Morgan fingerprint density at radius 2 is 2.11 bits per heavy atom. The topological polar surface area (TPSA) is 59.9 Å². The molecule has 1 atom stereocenters. The summed E-state index contributed by atoms with van der Waals surface area (Å²) in [5.41, 5.74) is 1.87. The third kappa shape index (κ3) is 3.71. The fourth-order valence-corrected chi connectivity index (χ4v) is 1.95. The van der Waals surface area contributed by atoms with E-state index in [2.05, 4.69) is 36.4 Å². The molecule has 0 radical (unpaired) electrons. The van der Waals surface area contributed by atoms with E-state index in [0.29, 0.717) is 5.88 Å². The van der Waals surface area contributed by atoms with Gasteiger partial charge in [-0.1, -0.05) is 0 Å². The Hall–Kier alpha value is -1.53. The number of aromatic nitrogens is 3. The molecule has 19 heavy (non-hydrogen) atoms. The number of ether oxygens (including phenoxy) is 1. The van der Waals surface area contributed by atoms with Crippen LogP contribution in [-0.2, 0) is 6.42 Å². The van der Waals surface area contributed by atoms with Crippen LogP contribution in [0, 0.1) is 0 Å². The van der Waals surface area contributed by atoms with E-state index in [4.69, 9.17) is 4.74 Å². The van der Waals surface area contributed by atoms with E-state index in [1.807, 2.05) is 31.3 Å². The predicted molar refractivity (Wildman–Crippen MR) is 76.0 cm³/mol. The molecule has 2 heterocycles. The quantitative estimate of drug-likeness (QED) is 0.914. The van der Waals surface area contributed by atoms with E-state index < -0.39 is 0 Å². The Morgan fingerprint density at radius 3 is 2.63 bits per heavy atom. The molecule has 0 saturated carbocycles. The molecule has 0 fully saturated rings. The van der Waals surface area contributed by atoms with Gasteiger partial charge >= 0.3 is 0 Å². The van der Waals surface area contributed by atoms with Crippen molar-refractivity contribution in [2.24, 2.45) is 0 Å². The first-order chi connectivity index (χ1) is 9.22. The van der Waals surface area contributed by atoms with Gasteiger partial charge in [-0.05, 0) is 41.2 Å². The maximum absolute atomic E-state index is 5.00. The van der Waals surface area contributed by atoms with E-state index >= 15 is 0 Å². The molecule has 0 aromatic carbocycles. The van der Waals surface area contributed by atoms with E-state index in [-0.39, 0.29) is 6.04 Å². The Bertz CT molecular complexity index is 515. The zero-order valence-electron chi connectivity index (χ0n) is 10.8. The molecule has 0 aliphatic carbocycles. The summed E-state index contributed by atoms with van der Waals surface area (Å²) in [5, 5.41) is 11.4. The van der Waals surface area contributed by atoms with Gasteiger partial charge in [0.15, 0.2) is 0 Å². The average Bonchev–Trinajstić information content (AvgIpc) is 2.47. The molecule has 2 aromatic heterocycles. The van der Waals surface area contributed by atoms with Gasteiger partial charge in [-0.25, -0.2) is 0 Å². The molecule has 6 heteroatoms. The number of pyridine rings is 1. The van der Waals surface area contributed by atoms with Crippen LogP contribution < -0.4 is 10.1 Å². The summed E-state index contributed by atoms with van der Waals surface area (Å²) in [6.07, 6.45) is 2.55. The summed E-state index contributed by atoms with van der Waals surface area (Å²) in [6, 6.07) is 7.76. The van der Waals surface area contributed by atoms with Crippen molar-refractivity contribution in [2.75, 3.05) is 14.2 Å². The fourth-order valence-electron chi connectivity index (χ4n) is 1.72. The number of likely N-dealkylation sites (N-methyl/N-ethyl adjacent to an activating group) is 1. The van der Waals surface area contributed by atoms with Crippen LogP contribution in [0.3, 0.4) is 0 Å². The largest absolute Gasteiger partial charge is 0.480 e. The van der Waals surface area contributed by atoms with Crippen molar-refractivity contribution >= 4 is 15.9 Å². The van der Waals surface area contributed by atoms with Gasteiger partial charge in [0.25, 0.3) is 0 Å². The maximum Gasteiger partial charge on any atom is 0.233 e. The van der Waals surface area contributed by atoms with E-state index in [1.165, 1.54) is 0 Å². The minimum Gasteiger partial charge on any atom is -0.480 e. The first-order valence-corrected chi connectivity index (χ1v) is 6.67. The van der Waals surface area contributed by atoms with Crippen molar-refractivity contribution in [1.29, 1.82) is 0 Å². The van der Waals surface area contributed by atoms with Crippen molar-refractivity contribution in [3.8, 4) is 5.88 Å². The van der Waals surface area contributed by atoms with Gasteiger partial charge in [-0.2, -0.15) is 5.10 Å². The number of halogens is 1. The molecule has 5 nitrogen and oxygen atoms in total. The monoisotopic (exact) mass is 322 g/mol. The molecular formula is C13H15BrN4O. The number of methoxy groups -OCH3 is 1. The molecule has 1 unspecified atom stereocenters. The van der Waals surface area contributed by atoms with Crippen LogP contribution in [0.25, 0.3) is 0 Å². The molecule has 2 aromatic rings. The summed E-state index contributed by atoms with van der Waals surface area (Å²) in [5.74, 6) is 0.514. The Labute approximate surface area is 120 Å². The minimum absolute atomic E-state index is 0.0760. The average molecular weight is 323 g/mol. The van der Waals surface area contributed by atoms with Gasteiger partial charge in [0.1, 0.15) is 0 Å². The number of rotatable bonds is 5. The second-order valence-electron chi connectivity index (χ2n) is 4.01. The van der Waals surface area contributed by atoms with Gasteiger partial charge in [0.2, 0.25) is 5.88 Å². The predicted octanol–water partition coefficient (Wildman–Crippen LogP) is 2.15. The summed E-state index contributed by atoms with van der Waals surface area (Å²) in [7, 11) is 3.47. The minimum atomic E-state index is 0.0760. The molecule has 0 aliphatic heterocycles. The highest BCUT2D eigenvalue weighted by molar-refractivity contribution is 9.10. The zero-order chi connectivity index (χ0) is 13.7. The van der Waals surface area contributed by atoms with E-state index in [0.717, 1.165) is 22.3 Å². The van der Waals surface area contributed by atoms with E-state index in [1.54, 1.807) is 13.3 Å². The highest BCUT2D eigenvalue weighted by Crippen LogP contribution is 2.17. The molecule has 100 valence electrons. The van der Waals surface area contributed by atoms with Crippen LogP contribution in [-0.4, -0.2) is 29.3 Å². The van der Waals surface area contributed by atoms with Crippen molar-refractivity contribution < 1.29 is 4.74 Å². The second kappa shape index (κ2) is 6.58. The van der Waals surface area contributed by atoms with Gasteiger partial charge in [0.05, 0.1) is 18.8 Å². The van der Waals surface area contributed by atoms with Crippen LogP contribution in [0.5, 0.6) is 5.88 Å². The molecule has 1 N–H and O–H groups in total. The first kappa shape index (κ1) is 13.9. The smallest absolute Gasteiger partial charge is 0.233 e. The van der Waals surface area contributed by atoms with Crippen LogP contribution in [0.2, 0.25) is 0 Å². The van der Waals surface area contributed by atoms with Crippen molar-refractivity contribution in [3.05, 3.63) is 46.3 Å². The Kier molecular flexibility index (Phi) is 4.81. The van der Waals surface area contributed by atoms with Crippen LogP contribution in [0.1, 0.15) is 17.4 Å². The summed E-state index contributed by atoms with van der Waals surface area (Å²) < 4.78 is 5.98. The summed E-state index contributed by atoms with van der Waals surface area (Å²) in [6.45, 7) is 0. The summed E-state index contributed by atoms with van der Waals surface area (Å²) >= 11 is 3.38. The maximum atomic E-state index is 5.00. The standard InChI is InChI=1S/C13H15BrN4O/c1-15-12(7-10-4-3-9(14)8-16-10)11-5-6-13(19-2)18-17-11/h3-6,8,12,15H,7H2,1-2H3. The number of hydrogen-bond acceptors (Lipinski definition) is 5. The van der Waals surface area contributed by atoms with E-state index in [9.17, 15) is 0 Å². The fraction of sp³-hybridized carbons (Fsp3) is 0.308. The first-order valence-electron chi connectivity index (χ1n) is 5.88. The van der Waals surface area contributed by atoms with Crippen LogP contribution in [0.4, 0.5) is 0 Å². The zero-order valence-corrected chi connectivity index (χ0v) is 12.4. The molecular weight excluding hydrogens is 308 g/mol. The Morgan fingerprint density at radius 1 is 1.26 bits per heavy atom. The van der Waals surface area contributed by atoms with Gasteiger partial charge < -0.3 is 10.1 Å². The molecule has 0 spiro atoms. The van der Waals surface area contributed by atoms with Gasteiger partial charge in [-0.3, -0.25) is 4.98 Å². The van der Waals surface area contributed by atoms with Crippen LogP contribution in [0.15, 0.2) is 34.9 Å². The second-order valence-corrected chi connectivity index (χ2v) is 4.93. The van der Waals surface area contributed by atoms with Gasteiger partial charge in [-0.15, -0.1) is 5.10 Å². The lowest BCUT2D eigenvalue weighted by atomic mass is 10.1. The summed E-state index contributed by atoms with van der Waals surface area (Å²) in [4.78, 5) is 4.37. The molecule has 0 amide bonds. The van der Waals surface area contributed by atoms with Crippen LogP contribution >= 0.6 is 15.9 Å². The third-order valence-corrected chi connectivity index (χ3v) is 3.25. The molecule has 0 bridgehead atoms. The number of hydrogen-bond donors (Lipinski definition) is 1. The lowest BCUT2D eigenvalue weighted by Crippen LogP contribution is -2.20. The molecule has 0 aliphatic rings. The van der Waals surface area contributed by atoms with Crippen molar-refractivity contribution in [1.82, 2.24) is 20.5 Å². The highest BCUT2D eigenvalue weighted by Gasteiger charge is 2.13. The normalized spacial score (nSPS) is 12.2. The highest BCUT2D eigenvalue weighted by atomic mass is 79.9. The van der Waals surface area contributed by atoms with Gasteiger partial charge in [0, 0.05) is 28.9 Å². The number of nitrogens with zero attached hydrogens (tertiary/aromatic N) is 3. The third-order valence-electron chi connectivity index (χ3n) is 2.78.